The molecule has 0 aliphatic heterocycles. The van der Waals surface area contributed by atoms with E-state index < -0.39 is 5.60 Å². The van der Waals surface area contributed by atoms with Crippen molar-refractivity contribution in [3.63, 3.8) is 0 Å². The minimum atomic E-state index is -0.492. The summed E-state index contributed by atoms with van der Waals surface area (Å²) in [7, 11) is 0. The Balaban J connectivity index is 2.69. The van der Waals surface area contributed by atoms with E-state index in [9.17, 15) is 4.79 Å². The van der Waals surface area contributed by atoms with Gasteiger partial charge in [-0.05, 0) is 39.7 Å². The van der Waals surface area contributed by atoms with E-state index in [0.29, 0.717) is 12.6 Å². The molecule has 0 saturated heterocycles. The Morgan fingerprint density at radius 2 is 1.86 bits per heavy atom. The molecule has 1 amide bonds. The number of hydrogen-bond donors (Lipinski definition) is 2. The van der Waals surface area contributed by atoms with Crippen molar-refractivity contribution >= 4 is 6.09 Å². The molecule has 0 heterocycles. The molecular formula is C18H30N2O2. The molecule has 2 atom stereocenters. The predicted molar refractivity (Wildman–Crippen MR) is 90.9 cm³/mol. The normalized spacial score (nSPS) is 14.2. The molecule has 1 aromatic rings. The first-order valence-electron chi connectivity index (χ1n) is 8.09. The van der Waals surface area contributed by atoms with Crippen molar-refractivity contribution < 1.29 is 9.53 Å². The lowest BCUT2D eigenvalue weighted by atomic mass is 10.1. The molecule has 0 aliphatic carbocycles. The van der Waals surface area contributed by atoms with Gasteiger partial charge >= 0.3 is 6.09 Å². The number of alkyl carbamates (subject to hydrolysis) is 1. The van der Waals surface area contributed by atoms with Gasteiger partial charge in [-0.25, -0.2) is 4.79 Å². The van der Waals surface area contributed by atoms with Gasteiger partial charge in [0.15, 0.2) is 0 Å². The Bertz CT molecular complexity index is 440. The summed E-state index contributed by atoms with van der Waals surface area (Å²) in [5.74, 6) is 0. The van der Waals surface area contributed by atoms with Gasteiger partial charge in [-0.2, -0.15) is 0 Å². The largest absolute Gasteiger partial charge is 0.444 e. The highest BCUT2D eigenvalue weighted by Crippen LogP contribution is 2.14. The molecular weight excluding hydrogens is 276 g/mol. The van der Waals surface area contributed by atoms with Crippen LogP contribution >= 0.6 is 0 Å². The number of carbonyl (C=O) groups excluding carboxylic acids is 1. The van der Waals surface area contributed by atoms with E-state index in [1.54, 1.807) is 0 Å². The molecule has 0 bridgehead atoms. The van der Waals surface area contributed by atoms with Gasteiger partial charge in [0, 0.05) is 12.6 Å². The predicted octanol–water partition coefficient (Wildman–Crippen LogP) is 4.03. The lowest BCUT2D eigenvalue weighted by Gasteiger charge is -2.25. The number of hydrogen-bond acceptors (Lipinski definition) is 3. The number of benzene rings is 1. The molecule has 0 spiro atoms. The summed E-state index contributed by atoms with van der Waals surface area (Å²) in [6.07, 6.45) is 1.88. The molecule has 4 nitrogen and oxygen atoms in total. The first-order valence-corrected chi connectivity index (χ1v) is 8.09. The Morgan fingerprint density at radius 1 is 1.23 bits per heavy atom. The third-order valence-electron chi connectivity index (χ3n) is 3.29. The zero-order valence-electron chi connectivity index (χ0n) is 14.5. The van der Waals surface area contributed by atoms with Gasteiger partial charge in [0.1, 0.15) is 5.60 Å². The van der Waals surface area contributed by atoms with Crippen LogP contribution in [0.15, 0.2) is 30.3 Å². The summed E-state index contributed by atoms with van der Waals surface area (Å²) in [6.45, 7) is 10.6. The van der Waals surface area contributed by atoms with Gasteiger partial charge in [-0.15, -0.1) is 0 Å². The maximum atomic E-state index is 12.1. The zero-order valence-corrected chi connectivity index (χ0v) is 14.5. The number of rotatable bonds is 7. The van der Waals surface area contributed by atoms with Crippen molar-refractivity contribution in [1.29, 1.82) is 0 Å². The molecule has 1 rings (SSSR count). The van der Waals surface area contributed by atoms with Gasteiger partial charge < -0.3 is 15.4 Å². The fourth-order valence-electron chi connectivity index (χ4n) is 2.24. The van der Waals surface area contributed by atoms with E-state index in [4.69, 9.17) is 4.74 Å². The summed E-state index contributed by atoms with van der Waals surface area (Å²) in [5, 5.41) is 6.44. The van der Waals surface area contributed by atoms with Crippen molar-refractivity contribution in [2.75, 3.05) is 6.54 Å². The summed E-state index contributed by atoms with van der Waals surface area (Å²) in [4.78, 5) is 12.1. The maximum Gasteiger partial charge on any atom is 0.408 e. The van der Waals surface area contributed by atoms with Crippen molar-refractivity contribution in [2.45, 2.75) is 65.1 Å². The smallest absolute Gasteiger partial charge is 0.408 e. The highest BCUT2D eigenvalue weighted by molar-refractivity contribution is 5.68. The lowest BCUT2D eigenvalue weighted by Crippen LogP contribution is -2.41. The van der Waals surface area contributed by atoms with E-state index in [1.807, 2.05) is 51.1 Å². The summed E-state index contributed by atoms with van der Waals surface area (Å²) in [5.41, 5.74) is 0.582. The van der Waals surface area contributed by atoms with Gasteiger partial charge in [-0.1, -0.05) is 43.7 Å². The number of carbonyl (C=O) groups is 1. The lowest BCUT2D eigenvalue weighted by molar-refractivity contribution is 0.0502. The highest BCUT2D eigenvalue weighted by Gasteiger charge is 2.20. The average Bonchev–Trinajstić information content (AvgIpc) is 2.42. The van der Waals surface area contributed by atoms with Crippen LogP contribution in [-0.4, -0.2) is 24.3 Å². The molecule has 4 heteroatoms. The monoisotopic (exact) mass is 306 g/mol. The Morgan fingerprint density at radius 3 is 2.41 bits per heavy atom. The van der Waals surface area contributed by atoms with Crippen LogP contribution in [0.3, 0.4) is 0 Å². The molecule has 2 unspecified atom stereocenters. The van der Waals surface area contributed by atoms with Gasteiger partial charge in [0.25, 0.3) is 0 Å². The maximum absolute atomic E-state index is 12.1. The van der Waals surface area contributed by atoms with Gasteiger partial charge in [0.05, 0.1) is 6.04 Å². The van der Waals surface area contributed by atoms with Crippen LogP contribution in [0.2, 0.25) is 0 Å². The molecule has 124 valence electrons. The quantitative estimate of drug-likeness (QED) is 0.799. The van der Waals surface area contributed by atoms with Crippen molar-refractivity contribution in [2.24, 2.45) is 0 Å². The van der Waals surface area contributed by atoms with Crippen LogP contribution in [-0.2, 0) is 4.74 Å². The van der Waals surface area contributed by atoms with Gasteiger partial charge in [-0.3, -0.25) is 0 Å². The molecule has 0 saturated carbocycles. The third-order valence-corrected chi connectivity index (χ3v) is 3.29. The minimum Gasteiger partial charge on any atom is -0.444 e. The van der Waals surface area contributed by atoms with Gasteiger partial charge in [0.2, 0.25) is 0 Å². The van der Waals surface area contributed by atoms with Crippen LogP contribution in [0, 0.1) is 0 Å². The van der Waals surface area contributed by atoms with E-state index in [1.165, 1.54) is 0 Å². The molecule has 0 radical (unpaired) electrons. The standard InChI is InChI=1S/C18H30N2O2/c1-6-10-14(2)19-13-16(15-11-8-7-9-12-15)20-17(21)22-18(3,4)5/h7-9,11-12,14,16,19H,6,10,13H2,1-5H3,(H,20,21). The second-order valence-corrected chi connectivity index (χ2v) is 6.71. The minimum absolute atomic E-state index is 0.102. The molecule has 0 aromatic heterocycles. The van der Waals surface area contributed by atoms with Crippen molar-refractivity contribution in [3.8, 4) is 0 Å². The summed E-state index contributed by atoms with van der Waals surface area (Å²) < 4.78 is 5.37. The van der Waals surface area contributed by atoms with Crippen molar-refractivity contribution in [1.82, 2.24) is 10.6 Å². The van der Waals surface area contributed by atoms with Crippen LogP contribution in [0.4, 0.5) is 4.79 Å². The second kappa shape index (κ2) is 8.79. The molecule has 0 fully saturated rings. The number of ether oxygens (including phenoxy) is 1. The Kier molecular flexibility index (Phi) is 7.39. The Hall–Kier alpha value is -1.55. The van der Waals surface area contributed by atoms with E-state index in [-0.39, 0.29) is 12.1 Å². The average molecular weight is 306 g/mol. The van der Waals surface area contributed by atoms with Crippen LogP contribution in [0.25, 0.3) is 0 Å². The first-order chi connectivity index (χ1) is 10.3. The summed E-state index contributed by atoms with van der Waals surface area (Å²) in [6, 6.07) is 10.3. The SMILES string of the molecule is CCCC(C)NCC(NC(=O)OC(C)(C)C)c1ccccc1. The fraction of sp³-hybridized carbons (Fsp3) is 0.611. The van der Waals surface area contributed by atoms with Crippen LogP contribution in [0.5, 0.6) is 0 Å². The highest BCUT2D eigenvalue weighted by atomic mass is 16.6. The zero-order chi connectivity index (χ0) is 16.6. The van der Waals surface area contributed by atoms with Crippen LogP contribution in [0.1, 0.15) is 59.1 Å². The van der Waals surface area contributed by atoms with E-state index in [0.717, 1.165) is 18.4 Å². The molecule has 22 heavy (non-hydrogen) atoms. The number of amides is 1. The van der Waals surface area contributed by atoms with E-state index >= 15 is 0 Å². The van der Waals surface area contributed by atoms with Crippen molar-refractivity contribution in [3.05, 3.63) is 35.9 Å². The third kappa shape index (κ3) is 7.46. The fourth-order valence-corrected chi connectivity index (χ4v) is 2.24. The molecule has 0 aliphatic rings. The molecule has 2 N–H and O–H groups in total. The van der Waals surface area contributed by atoms with E-state index in [2.05, 4.69) is 24.5 Å². The first kappa shape index (κ1) is 18.5. The Labute approximate surface area is 134 Å². The van der Waals surface area contributed by atoms with Crippen LogP contribution < -0.4 is 10.6 Å². The topological polar surface area (TPSA) is 50.4 Å². The summed E-state index contributed by atoms with van der Waals surface area (Å²) >= 11 is 0. The second-order valence-electron chi connectivity index (χ2n) is 6.71. The molecule has 1 aromatic carbocycles. The number of nitrogens with one attached hydrogen (secondary N) is 2.